The lowest BCUT2D eigenvalue weighted by Crippen LogP contribution is -2.50. The van der Waals surface area contributed by atoms with Crippen molar-refractivity contribution in [2.45, 2.75) is 25.5 Å². The molecule has 0 amide bonds. The van der Waals surface area contributed by atoms with E-state index < -0.39 is 0 Å². The number of hydrogen-bond donors (Lipinski definition) is 1. The Kier molecular flexibility index (Phi) is 4.61. The summed E-state index contributed by atoms with van der Waals surface area (Å²) in [6, 6.07) is 4.89. The zero-order valence-electron chi connectivity index (χ0n) is 11.3. The van der Waals surface area contributed by atoms with Gasteiger partial charge in [-0.05, 0) is 32.0 Å². The molecule has 1 aliphatic rings. The lowest BCUT2D eigenvalue weighted by molar-refractivity contribution is -0.0970. The van der Waals surface area contributed by atoms with Gasteiger partial charge in [-0.15, -0.1) is 0 Å². The summed E-state index contributed by atoms with van der Waals surface area (Å²) < 4.78 is 20.6. The number of rotatable bonds is 3. The Hall–Kier alpha value is -0.490. The Morgan fingerprint density at radius 3 is 2.89 bits per heavy atom. The van der Waals surface area contributed by atoms with E-state index in [-0.39, 0.29) is 17.5 Å². The fourth-order valence-electron chi connectivity index (χ4n) is 2.56. The largest absolute Gasteiger partial charge is 0.373 e. The van der Waals surface area contributed by atoms with Gasteiger partial charge in [0.15, 0.2) is 0 Å². The normalized spacial score (nSPS) is 21.3. The van der Waals surface area contributed by atoms with Crippen molar-refractivity contribution in [3.63, 3.8) is 0 Å². The highest BCUT2D eigenvalue weighted by Crippen LogP contribution is 2.29. The first kappa shape index (κ1) is 14.9. The molecule has 1 aromatic carbocycles. The molecule has 0 saturated carbocycles. The van der Waals surface area contributed by atoms with Crippen molar-refractivity contribution in [2.24, 2.45) is 5.73 Å². The van der Waals surface area contributed by atoms with Crippen molar-refractivity contribution in [3.8, 4) is 0 Å². The summed E-state index contributed by atoms with van der Waals surface area (Å²) in [6.07, 6.45) is 0. The first-order chi connectivity index (χ1) is 8.93. The van der Waals surface area contributed by atoms with E-state index in [4.69, 9.17) is 10.5 Å². The van der Waals surface area contributed by atoms with Crippen LogP contribution in [-0.4, -0.2) is 36.7 Å². The molecule has 1 unspecified atom stereocenters. The number of halogens is 2. The molecule has 1 fully saturated rings. The van der Waals surface area contributed by atoms with E-state index in [0.29, 0.717) is 18.7 Å². The Labute approximate surface area is 122 Å². The zero-order valence-corrected chi connectivity index (χ0v) is 12.9. The minimum absolute atomic E-state index is 0.110. The second-order valence-electron chi connectivity index (χ2n) is 5.50. The van der Waals surface area contributed by atoms with Gasteiger partial charge in [0.1, 0.15) is 5.82 Å². The summed E-state index contributed by atoms with van der Waals surface area (Å²) in [5.41, 5.74) is 6.31. The molecule has 1 aromatic rings. The number of hydrogen-bond acceptors (Lipinski definition) is 3. The van der Waals surface area contributed by atoms with Crippen LogP contribution in [0.2, 0.25) is 0 Å². The topological polar surface area (TPSA) is 38.5 Å². The highest BCUT2D eigenvalue weighted by atomic mass is 79.9. The molecular formula is C14H20BrFN2O. The molecule has 1 aliphatic heterocycles. The maximum atomic E-state index is 14.0. The quantitative estimate of drug-likeness (QED) is 0.926. The molecule has 1 saturated heterocycles. The van der Waals surface area contributed by atoms with Crippen LogP contribution in [0, 0.1) is 5.82 Å². The summed E-state index contributed by atoms with van der Waals surface area (Å²) in [6.45, 7) is 6.66. The van der Waals surface area contributed by atoms with Crippen molar-refractivity contribution < 1.29 is 9.13 Å². The molecule has 106 valence electrons. The Morgan fingerprint density at radius 1 is 1.53 bits per heavy atom. The predicted octanol–water partition coefficient (Wildman–Crippen LogP) is 2.70. The van der Waals surface area contributed by atoms with E-state index in [2.05, 4.69) is 20.8 Å². The van der Waals surface area contributed by atoms with Crippen molar-refractivity contribution in [1.29, 1.82) is 0 Å². The molecule has 0 bridgehead atoms. The van der Waals surface area contributed by atoms with Crippen molar-refractivity contribution >= 4 is 15.9 Å². The molecule has 1 heterocycles. The number of morpholine rings is 1. The minimum Gasteiger partial charge on any atom is -0.373 e. The van der Waals surface area contributed by atoms with Crippen LogP contribution in [0.25, 0.3) is 0 Å². The van der Waals surface area contributed by atoms with Crippen molar-refractivity contribution in [2.75, 3.05) is 26.2 Å². The van der Waals surface area contributed by atoms with Crippen LogP contribution in [0.3, 0.4) is 0 Å². The molecule has 3 nitrogen and oxygen atoms in total. The molecule has 0 spiro atoms. The monoisotopic (exact) mass is 330 g/mol. The van der Waals surface area contributed by atoms with Gasteiger partial charge in [0.05, 0.1) is 18.2 Å². The second kappa shape index (κ2) is 5.87. The van der Waals surface area contributed by atoms with Gasteiger partial charge in [-0.25, -0.2) is 4.39 Å². The second-order valence-corrected chi connectivity index (χ2v) is 6.41. The third-order valence-corrected chi connectivity index (χ3v) is 3.93. The summed E-state index contributed by atoms with van der Waals surface area (Å²) in [5.74, 6) is -0.206. The molecule has 2 rings (SSSR count). The third-order valence-electron chi connectivity index (χ3n) is 3.44. The third kappa shape index (κ3) is 3.54. The summed E-state index contributed by atoms with van der Waals surface area (Å²) in [4.78, 5) is 2.20. The summed E-state index contributed by atoms with van der Waals surface area (Å²) in [5, 5.41) is 0. The average molecular weight is 331 g/mol. The fraction of sp³-hybridized carbons (Fsp3) is 0.571. The van der Waals surface area contributed by atoms with Gasteiger partial charge in [0.2, 0.25) is 0 Å². The summed E-state index contributed by atoms with van der Waals surface area (Å²) in [7, 11) is 0. The first-order valence-electron chi connectivity index (χ1n) is 6.46. The number of ether oxygens (including phenoxy) is 1. The molecule has 1 atom stereocenters. The Bertz CT molecular complexity index is 453. The maximum absolute atomic E-state index is 14.0. The maximum Gasteiger partial charge on any atom is 0.128 e. The van der Waals surface area contributed by atoms with Crippen LogP contribution in [-0.2, 0) is 4.74 Å². The lowest BCUT2D eigenvalue weighted by atomic mass is 10.0. The van der Waals surface area contributed by atoms with Crippen LogP contribution in [0.15, 0.2) is 22.7 Å². The SMILES string of the molecule is CC1(C)CN(C(CN)c2cc(Br)ccc2F)CCO1. The first-order valence-corrected chi connectivity index (χ1v) is 7.25. The van der Waals surface area contributed by atoms with Gasteiger partial charge in [-0.3, -0.25) is 4.90 Å². The van der Waals surface area contributed by atoms with Gasteiger partial charge in [-0.1, -0.05) is 15.9 Å². The van der Waals surface area contributed by atoms with Gasteiger partial charge in [-0.2, -0.15) is 0 Å². The van der Waals surface area contributed by atoms with Crippen LogP contribution in [0.5, 0.6) is 0 Å². The highest BCUT2D eigenvalue weighted by molar-refractivity contribution is 9.10. The molecule has 2 N–H and O–H groups in total. The molecule has 5 heteroatoms. The number of nitrogens with zero attached hydrogens (tertiary/aromatic N) is 1. The van der Waals surface area contributed by atoms with Crippen LogP contribution in [0.1, 0.15) is 25.5 Å². The highest BCUT2D eigenvalue weighted by Gasteiger charge is 2.32. The van der Waals surface area contributed by atoms with E-state index in [9.17, 15) is 4.39 Å². The van der Waals surface area contributed by atoms with Gasteiger partial charge >= 0.3 is 0 Å². The standard InChI is InChI=1S/C14H20BrFN2O/c1-14(2)9-18(5-6-19-14)13(8-17)11-7-10(15)3-4-12(11)16/h3-4,7,13H,5-6,8-9,17H2,1-2H3. The van der Waals surface area contributed by atoms with Crippen molar-refractivity contribution in [1.82, 2.24) is 4.90 Å². The zero-order chi connectivity index (χ0) is 14.0. The van der Waals surface area contributed by atoms with E-state index in [1.165, 1.54) is 6.07 Å². The van der Waals surface area contributed by atoms with Gasteiger partial charge < -0.3 is 10.5 Å². The molecular weight excluding hydrogens is 311 g/mol. The smallest absolute Gasteiger partial charge is 0.128 e. The van der Waals surface area contributed by atoms with Gasteiger partial charge in [0, 0.05) is 29.7 Å². The molecule has 19 heavy (non-hydrogen) atoms. The summed E-state index contributed by atoms with van der Waals surface area (Å²) >= 11 is 3.39. The minimum atomic E-state index is -0.214. The molecule has 0 aliphatic carbocycles. The predicted molar refractivity (Wildman–Crippen MR) is 77.5 cm³/mol. The van der Waals surface area contributed by atoms with E-state index in [0.717, 1.165) is 17.6 Å². The Balaban J connectivity index is 2.26. The lowest BCUT2D eigenvalue weighted by Gasteiger charge is -2.42. The van der Waals surface area contributed by atoms with E-state index in [1.54, 1.807) is 6.07 Å². The number of nitrogens with two attached hydrogens (primary N) is 1. The number of benzene rings is 1. The molecule has 0 radical (unpaired) electrons. The van der Waals surface area contributed by atoms with Crippen LogP contribution >= 0.6 is 15.9 Å². The average Bonchev–Trinajstić information content (AvgIpc) is 2.33. The van der Waals surface area contributed by atoms with E-state index >= 15 is 0 Å². The van der Waals surface area contributed by atoms with E-state index in [1.807, 2.05) is 19.9 Å². The molecule has 0 aromatic heterocycles. The van der Waals surface area contributed by atoms with Crippen molar-refractivity contribution in [3.05, 3.63) is 34.1 Å². The van der Waals surface area contributed by atoms with Gasteiger partial charge in [0.25, 0.3) is 0 Å². The van der Waals surface area contributed by atoms with Crippen LogP contribution in [0.4, 0.5) is 4.39 Å². The van der Waals surface area contributed by atoms with Crippen LogP contribution < -0.4 is 5.73 Å². The Morgan fingerprint density at radius 2 is 2.26 bits per heavy atom. The fourth-order valence-corrected chi connectivity index (χ4v) is 2.94.